The molecule has 1 unspecified atom stereocenters. The Morgan fingerprint density at radius 3 is 2.81 bits per heavy atom. The first-order chi connectivity index (χ1) is 10.0. The molecule has 21 heavy (non-hydrogen) atoms. The molecule has 1 aliphatic rings. The van der Waals surface area contributed by atoms with Crippen molar-refractivity contribution in [1.82, 2.24) is 9.62 Å². The van der Waals surface area contributed by atoms with Crippen molar-refractivity contribution in [3.05, 3.63) is 35.4 Å². The predicted molar refractivity (Wildman–Crippen MR) is 83.4 cm³/mol. The van der Waals surface area contributed by atoms with Crippen LogP contribution in [0.25, 0.3) is 0 Å². The Morgan fingerprint density at radius 1 is 1.38 bits per heavy atom. The highest BCUT2D eigenvalue weighted by molar-refractivity contribution is 7.88. The third kappa shape index (κ3) is 4.78. The summed E-state index contributed by atoms with van der Waals surface area (Å²) in [6.07, 6.45) is 2.00. The quantitative estimate of drug-likeness (QED) is 0.825. The standard InChI is InChI=1S/C15H24N2O3S/c1-16-10-13-5-3-6-14(9-13)12-21(18,19)17(2)11-15-7-4-8-20-15/h3,5-6,9,15-16H,4,7-8,10-12H2,1-2H3. The van der Waals surface area contributed by atoms with Gasteiger partial charge in [-0.25, -0.2) is 12.7 Å². The van der Waals surface area contributed by atoms with Crippen molar-refractivity contribution in [1.29, 1.82) is 0 Å². The van der Waals surface area contributed by atoms with E-state index in [1.54, 1.807) is 7.05 Å². The van der Waals surface area contributed by atoms with Crippen molar-refractivity contribution in [2.45, 2.75) is 31.2 Å². The predicted octanol–water partition coefficient (Wildman–Crippen LogP) is 1.35. The molecule has 0 radical (unpaired) electrons. The number of hydrogen-bond acceptors (Lipinski definition) is 4. The van der Waals surface area contributed by atoms with E-state index >= 15 is 0 Å². The van der Waals surface area contributed by atoms with Gasteiger partial charge in [0.15, 0.2) is 0 Å². The molecule has 0 spiro atoms. The molecule has 1 aromatic carbocycles. The lowest BCUT2D eigenvalue weighted by atomic mass is 10.1. The highest BCUT2D eigenvalue weighted by Gasteiger charge is 2.24. The van der Waals surface area contributed by atoms with Crippen LogP contribution in [-0.2, 0) is 27.1 Å². The second kappa shape index (κ2) is 7.35. The summed E-state index contributed by atoms with van der Waals surface area (Å²) in [5.41, 5.74) is 1.91. The van der Waals surface area contributed by atoms with Gasteiger partial charge in [-0.3, -0.25) is 0 Å². The molecule has 2 rings (SSSR count). The summed E-state index contributed by atoms with van der Waals surface area (Å²) in [4.78, 5) is 0. The van der Waals surface area contributed by atoms with E-state index in [1.165, 1.54) is 4.31 Å². The van der Waals surface area contributed by atoms with Gasteiger partial charge in [-0.15, -0.1) is 0 Å². The Balaban J connectivity index is 2.00. The van der Waals surface area contributed by atoms with Crippen LogP contribution in [0.15, 0.2) is 24.3 Å². The Kier molecular flexibility index (Phi) is 5.75. The van der Waals surface area contributed by atoms with E-state index in [4.69, 9.17) is 4.74 Å². The summed E-state index contributed by atoms with van der Waals surface area (Å²) in [6, 6.07) is 7.69. The Bertz CT molecular complexity index is 554. The van der Waals surface area contributed by atoms with Gasteiger partial charge in [0.2, 0.25) is 10.0 Å². The van der Waals surface area contributed by atoms with Crippen molar-refractivity contribution < 1.29 is 13.2 Å². The van der Waals surface area contributed by atoms with E-state index in [1.807, 2.05) is 31.3 Å². The fourth-order valence-corrected chi connectivity index (χ4v) is 3.76. The minimum Gasteiger partial charge on any atom is -0.377 e. The molecule has 0 bridgehead atoms. The number of nitrogens with zero attached hydrogens (tertiary/aromatic N) is 1. The zero-order valence-corrected chi connectivity index (χ0v) is 13.5. The minimum absolute atomic E-state index is 0.0355. The monoisotopic (exact) mass is 312 g/mol. The molecule has 1 heterocycles. The van der Waals surface area contributed by atoms with Gasteiger partial charge in [0, 0.05) is 26.7 Å². The summed E-state index contributed by atoms with van der Waals surface area (Å²) >= 11 is 0. The molecule has 0 aromatic heterocycles. The Hall–Kier alpha value is -0.950. The SMILES string of the molecule is CNCc1cccc(CS(=O)(=O)N(C)CC2CCCO2)c1. The van der Waals surface area contributed by atoms with Crippen LogP contribution in [0.4, 0.5) is 0 Å². The summed E-state index contributed by atoms with van der Waals surface area (Å²) < 4.78 is 31.8. The van der Waals surface area contributed by atoms with E-state index in [0.29, 0.717) is 6.54 Å². The third-order valence-corrected chi connectivity index (χ3v) is 5.48. The van der Waals surface area contributed by atoms with Crippen LogP contribution in [0.2, 0.25) is 0 Å². The normalized spacial score (nSPS) is 19.3. The fourth-order valence-electron chi connectivity index (χ4n) is 2.54. The van der Waals surface area contributed by atoms with Crippen molar-refractivity contribution >= 4 is 10.0 Å². The zero-order valence-electron chi connectivity index (χ0n) is 12.7. The van der Waals surface area contributed by atoms with Gasteiger partial charge < -0.3 is 10.1 Å². The van der Waals surface area contributed by atoms with Crippen LogP contribution in [0, 0.1) is 0 Å². The van der Waals surface area contributed by atoms with Crippen LogP contribution in [-0.4, -0.2) is 46.1 Å². The molecular weight excluding hydrogens is 288 g/mol. The number of likely N-dealkylation sites (N-methyl/N-ethyl adjacent to an activating group) is 1. The number of hydrogen-bond donors (Lipinski definition) is 1. The van der Waals surface area contributed by atoms with E-state index in [9.17, 15) is 8.42 Å². The first kappa shape index (κ1) is 16.4. The van der Waals surface area contributed by atoms with Crippen molar-refractivity contribution in [3.8, 4) is 0 Å². The van der Waals surface area contributed by atoms with Crippen molar-refractivity contribution in [2.24, 2.45) is 0 Å². The van der Waals surface area contributed by atoms with Crippen LogP contribution in [0.3, 0.4) is 0 Å². The van der Waals surface area contributed by atoms with Gasteiger partial charge in [-0.05, 0) is 31.0 Å². The Morgan fingerprint density at radius 2 is 2.14 bits per heavy atom. The maximum absolute atomic E-state index is 12.4. The lowest BCUT2D eigenvalue weighted by molar-refractivity contribution is 0.0978. The van der Waals surface area contributed by atoms with Gasteiger partial charge >= 0.3 is 0 Å². The van der Waals surface area contributed by atoms with Crippen LogP contribution in [0.5, 0.6) is 0 Å². The molecule has 118 valence electrons. The van der Waals surface area contributed by atoms with E-state index in [-0.39, 0.29) is 11.9 Å². The van der Waals surface area contributed by atoms with Gasteiger partial charge in [0.25, 0.3) is 0 Å². The maximum atomic E-state index is 12.4. The number of benzene rings is 1. The minimum atomic E-state index is -3.30. The third-order valence-electron chi connectivity index (χ3n) is 3.68. The molecule has 1 aromatic rings. The van der Waals surface area contributed by atoms with Crippen LogP contribution >= 0.6 is 0 Å². The maximum Gasteiger partial charge on any atom is 0.218 e. The number of ether oxygens (including phenoxy) is 1. The number of rotatable bonds is 7. The van der Waals surface area contributed by atoms with Gasteiger partial charge in [0.1, 0.15) is 0 Å². The van der Waals surface area contributed by atoms with E-state index < -0.39 is 10.0 Å². The fraction of sp³-hybridized carbons (Fsp3) is 0.600. The summed E-state index contributed by atoms with van der Waals surface area (Å²) in [7, 11) is 0.208. The molecule has 1 atom stereocenters. The van der Waals surface area contributed by atoms with Crippen LogP contribution < -0.4 is 5.32 Å². The topological polar surface area (TPSA) is 58.6 Å². The second-order valence-corrected chi connectivity index (χ2v) is 7.60. The molecule has 5 nitrogen and oxygen atoms in total. The largest absolute Gasteiger partial charge is 0.377 e. The van der Waals surface area contributed by atoms with E-state index in [2.05, 4.69) is 5.32 Å². The molecule has 0 aliphatic carbocycles. The summed E-state index contributed by atoms with van der Waals surface area (Å²) in [5.74, 6) is 0.0355. The van der Waals surface area contributed by atoms with Crippen molar-refractivity contribution in [2.75, 3.05) is 27.2 Å². The summed E-state index contributed by atoms with van der Waals surface area (Å²) in [6.45, 7) is 1.92. The molecule has 1 saturated heterocycles. The lowest BCUT2D eigenvalue weighted by Gasteiger charge is -2.20. The zero-order chi connectivity index (χ0) is 15.3. The Labute approximate surface area is 127 Å². The first-order valence-electron chi connectivity index (χ1n) is 7.29. The summed E-state index contributed by atoms with van der Waals surface area (Å²) in [5, 5.41) is 3.07. The smallest absolute Gasteiger partial charge is 0.218 e. The molecule has 6 heteroatoms. The van der Waals surface area contributed by atoms with Gasteiger partial charge in [-0.1, -0.05) is 24.3 Å². The highest BCUT2D eigenvalue weighted by Crippen LogP contribution is 2.17. The first-order valence-corrected chi connectivity index (χ1v) is 8.90. The average molecular weight is 312 g/mol. The molecule has 1 fully saturated rings. The van der Waals surface area contributed by atoms with Gasteiger partial charge in [0.05, 0.1) is 11.9 Å². The molecule has 0 saturated carbocycles. The number of sulfonamides is 1. The highest BCUT2D eigenvalue weighted by atomic mass is 32.2. The average Bonchev–Trinajstić information content (AvgIpc) is 2.92. The van der Waals surface area contributed by atoms with Gasteiger partial charge in [-0.2, -0.15) is 0 Å². The molecule has 0 amide bonds. The second-order valence-electron chi connectivity index (χ2n) is 5.52. The molecule has 1 N–H and O–H groups in total. The lowest BCUT2D eigenvalue weighted by Crippen LogP contribution is -2.34. The number of nitrogens with one attached hydrogen (secondary N) is 1. The van der Waals surface area contributed by atoms with Crippen molar-refractivity contribution in [3.63, 3.8) is 0 Å². The van der Waals surface area contributed by atoms with Crippen LogP contribution in [0.1, 0.15) is 24.0 Å². The molecule has 1 aliphatic heterocycles. The molecular formula is C15H24N2O3S. The van der Waals surface area contributed by atoms with E-state index in [0.717, 1.165) is 37.1 Å².